The number of allylic oxidation sites excluding steroid dienone is 1. The molecule has 140 valence electrons. The molecule has 2 amide bonds. The van der Waals surface area contributed by atoms with Gasteiger partial charge in [-0.1, -0.05) is 17.7 Å². The van der Waals surface area contributed by atoms with Gasteiger partial charge in [0.05, 0.1) is 20.3 Å². The van der Waals surface area contributed by atoms with Gasteiger partial charge in [-0.15, -0.1) is 0 Å². The van der Waals surface area contributed by atoms with E-state index in [0.29, 0.717) is 38.9 Å². The first kappa shape index (κ1) is 18.8. The lowest BCUT2D eigenvalue weighted by Gasteiger charge is -2.29. The molecule has 1 aliphatic rings. The van der Waals surface area contributed by atoms with Gasteiger partial charge >= 0.3 is 6.03 Å². The van der Waals surface area contributed by atoms with Gasteiger partial charge in [-0.2, -0.15) is 0 Å². The molecule has 0 saturated carbocycles. The minimum Gasteiger partial charge on any atom is -0.493 e. The molecule has 1 atom stereocenters. The lowest BCUT2D eigenvalue weighted by Crippen LogP contribution is -2.45. The molecule has 0 fully saturated rings. The van der Waals surface area contributed by atoms with E-state index in [-0.39, 0.29) is 11.8 Å². The van der Waals surface area contributed by atoms with Crippen LogP contribution in [-0.4, -0.2) is 26.0 Å². The van der Waals surface area contributed by atoms with E-state index >= 15 is 0 Å². The van der Waals surface area contributed by atoms with E-state index in [9.17, 15) is 9.59 Å². The standard InChI is InChI=1S/C20H19ClN2O4/c1-11-17(19(24)12-4-7-14(21)8-5-12)18(23-20(25)22-11)13-6-9-15(26-2)16(10-13)27-3/h4-10,18H,1-3H3,(H2,22,23,25)/t18-/m1/s1. The van der Waals surface area contributed by atoms with E-state index in [0.717, 1.165) is 0 Å². The van der Waals surface area contributed by atoms with Crippen LogP contribution in [0.5, 0.6) is 11.5 Å². The van der Waals surface area contributed by atoms with Crippen molar-refractivity contribution in [1.29, 1.82) is 0 Å². The molecule has 0 spiro atoms. The number of hydrogen-bond donors (Lipinski definition) is 2. The molecule has 1 aliphatic heterocycles. The van der Waals surface area contributed by atoms with Gasteiger partial charge in [-0.25, -0.2) is 4.79 Å². The summed E-state index contributed by atoms with van der Waals surface area (Å²) < 4.78 is 10.6. The smallest absolute Gasteiger partial charge is 0.319 e. The van der Waals surface area contributed by atoms with Gasteiger partial charge in [-0.3, -0.25) is 4.79 Å². The number of carbonyl (C=O) groups is 2. The highest BCUT2D eigenvalue weighted by molar-refractivity contribution is 6.30. The van der Waals surface area contributed by atoms with Crippen LogP contribution >= 0.6 is 11.6 Å². The number of nitrogens with one attached hydrogen (secondary N) is 2. The zero-order chi connectivity index (χ0) is 19.6. The summed E-state index contributed by atoms with van der Waals surface area (Å²) in [5, 5.41) is 6.03. The number of methoxy groups -OCH3 is 2. The number of benzene rings is 2. The average molecular weight is 387 g/mol. The van der Waals surface area contributed by atoms with Gasteiger partial charge in [-0.05, 0) is 48.9 Å². The summed E-state index contributed by atoms with van der Waals surface area (Å²) in [5.41, 5.74) is 2.14. The molecule has 0 bridgehead atoms. The molecular weight excluding hydrogens is 368 g/mol. The van der Waals surface area contributed by atoms with Crippen molar-refractivity contribution in [2.24, 2.45) is 0 Å². The summed E-state index contributed by atoms with van der Waals surface area (Å²) in [5.74, 6) is 0.878. The summed E-state index contributed by atoms with van der Waals surface area (Å²) in [7, 11) is 3.08. The van der Waals surface area contributed by atoms with E-state index in [4.69, 9.17) is 21.1 Å². The number of carbonyl (C=O) groups excluding carboxylic acids is 2. The Morgan fingerprint density at radius 2 is 1.70 bits per heavy atom. The first-order chi connectivity index (χ1) is 12.9. The Labute approximate surface area is 162 Å². The van der Waals surface area contributed by atoms with E-state index < -0.39 is 6.04 Å². The van der Waals surface area contributed by atoms with Crippen molar-refractivity contribution in [1.82, 2.24) is 10.6 Å². The van der Waals surface area contributed by atoms with Crippen molar-refractivity contribution in [3.05, 3.63) is 69.9 Å². The largest absolute Gasteiger partial charge is 0.493 e. The lowest BCUT2D eigenvalue weighted by molar-refractivity contribution is 0.102. The molecule has 0 unspecified atom stereocenters. The SMILES string of the molecule is COc1ccc([C@H]2NC(=O)NC(C)=C2C(=O)c2ccc(Cl)cc2)cc1OC. The highest BCUT2D eigenvalue weighted by Crippen LogP contribution is 2.35. The normalized spacial score (nSPS) is 16.4. The Morgan fingerprint density at radius 3 is 2.33 bits per heavy atom. The first-order valence-corrected chi connectivity index (χ1v) is 8.63. The van der Waals surface area contributed by atoms with Gasteiger partial charge in [0, 0.05) is 21.9 Å². The van der Waals surface area contributed by atoms with Crippen LogP contribution in [0.3, 0.4) is 0 Å². The number of ketones is 1. The summed E-state index contributed by atoms with van der Waals surface area (Å²) in [6.45, 7) is 1.70. The number of ether oxygens (including phenoxy) is 2. The zero-order valence-electron chi connectivity index (χ0n) is 15.1. The van der Waals surface area contributed by atoms with Crippen molar-refractivity contribution in [2.75, 3.05) is 14.2 Å². The number of hydrogen-bond acceptors (Lipinski definition) is 4. The summed E-state index contributed by atoms with van der Waals surface area (Å²) in [4.78, 5) is 25.2. The number of halogens is 1. The van der Waals surface area contributed by atoms with Crippen LogP contribution in [0.25, 0.3) is 0 Å². The van der Waals surface area contributed by atoms with Gasteiger partial charge in [0.1, 0.15) is 0 Å². The first-order valence-electron chi connectivity index (χ1n) is 8.25. The monoisotopic (exact) mass is 386 g/mol. The van der Waals surface area contributed by atoms with Gasteiger partial charge in [0.15, 0.2) is 17.3 Å². The van der Waals surface area contributed by atoms with Crippen LogP contribution in [-0.2, 0) is 0 Å². The topological polar surface area (TPSA) is 76.7 Å². The maximum atomic E-state index is 13.1. The molecule has 2 aromatic rings. The Hall–Kier alpha value is -2.99. The third kappa shape index (κ3) is 3.75. The Balaban J connectivity index is 2.07. The van der Waals surface area contributed by atoms with E-state index in [1.807, 2.05) is 0 Å². The Morgan fingerprint density at radius 1 is 1.04 bits per heavy atom. The predicted molar refractivity (Wildman–Crippen MR) is 102 cm³/mol. The van der Waals surface area contributed by atoms with Crippen molar-refractivity contribution < 1.29 is 19.1 Å². The summed E-state index contributed by atoms with van der Waals surface area (Å²) in [6, 6.07) is 10.9. The fourth-order valence-electron chi connectivity index (χ4n) is 3.03. The second-order valence-corrected chi connectivity index (χ2v) is 6.46. The van der Waals surface area contributed by atoms with Crippen molar-refractivity contribution in [3.63, 3.8) is 0 Å². The van der Waals surface area contributed by atoms with E-state index in [1.54, 1.807) is 56.5 Å². The van der Waals surface area contributed by atoms with Gasteiger partial charge in [0.2, 0.25) is 0 Å². The third-order valence-electron chi connectivity index (χ3n) is 4.36. The molecule has 7 heteroatoms. The molecule has 6 nitrogen and oxygen atoms in total. The van der Waals surface area contributed by atoms with Crippen molar-refractivity contribution in [2.45, 2.75) is 13.0 Å². The zero-order valence-corrected chi connectivity index (χ0v) is 15.9. The van der Waals surface area contributed by atoms with E-state index in [1.165, 1.54) is 7.11 Å². The van der Waals surface area contributed by atoms with Crippen LogP contribution in [0.4, 0.5) is 4.79 Å². The van der Waals surface area contributed by atoms with Crippen molar-refractivity contribution in [3.8, 4) is 11.5 Å². The van der Waals surface area contributed by atoms with Gasteiger partial charge in [0.25, 0.3) is 0 Å². The summed E-state index contributed by atoms with van der Waals surface area (Å²) >= 11 is 5.92. The van der Waals surface area contributed by atoms with Crippen LogP contribution in [0.1, 0.15) is 28.9 Å². The van der Waals surface area contributed by atoms with Crippen LogP contribution < -0.4 is 20.1 Å². The minimum atomic E-state index is -0.623. The summed E-state index contributed by atoms with van der Waals surface area (Å²) in [6.07, 6.45) is 0. The molecule has 0 aromatic heterocycles. The Bertz CT molecular complexity index is 922. The maximum Gasteiger partial charge on any atom is 0.319 e. The minimum absolute atomic E-state index is 0.198. The van der Waals surface area contributed by atoms with E-state index in [2.05, 4.69) is 10.6 Å². The van der Waals surface area contributed by atoms with Crippen molar-refractivity contribution >= 4 is 23.4 Å². The second kappa shape index (κ2) is 7.72. The highest BCUT2D eigenvalue weighted by atomic mass is 35.5. The molecule has 2 N–H and O–H groups in total. The fourth-order valence-corrected chi connectivity index (χ4v) is 3.16. The number of amides is 2. The molecular formula is C20H19ClN2O4. The maximum absolute atomic E-state index is 13.1. The third-order valence-corrected chi connectivity index (χ3v) is 4.61. The molecule has 0 aliphatic carbocycles. The van der Waals surface area contributed by atoms with Crippen LogP contribution in [0.2, 0.25) is 5.02 Å². The number of rotatable bonds is 5. The molecule has 2 aromatic carbocycles. The molecule has 0 saturated heterocycles. The number of urea groups is 1. The van der Waals surface area contributed by atoms with Crippen LogP contribution in [0, 0.1) is 0 Å². The van der Waals surface area contributed by atoms with Gasteiger partial charge < -0.3 is 20.1 Å². The highest BCUT2D eigenvalue weighted by Gasteiger charge is 2.32. The predicted octanol–water partition coefficient (Wildman–Crippen LogP) is 3.87. The average Bonchev–Trinajstić information content (AvgIpc) is 2.67. The molecule has 1 heterocycles. The second-order valence-electron chi connectivity index (χ2n) is 6.02. The Kier molecular flexibility index (Phi) is 5.37. The molecule has 3 rings (SSSR count). The van der Waals surface area contributed by atoms with Crippen LogP contribution in [0.15, 0.2) is 53.7 Å². The molecule has 0 radical (unpaired) electrons. The molecule has 27 heavy (non-hydrogen) atoms. The lowest BCUT2D eigenvalue weighted by atomic mass is 9.89. The quantitative estimate of drug-likeness (QED) is 0.765. The number of Topliss-reactive ketones (excluding diaryl/α,β-unsaturated/α-hetero) is 1. The fraction of sp³-hybridized carbons (Fsp3) is 0.200.